The Morgan fingerprint density at radius 2 is 1.77 bits per heavy atom. The molecule has 2 aliphatic rings. The Hall–Kier alpha value is -4.46. The highest BCUT2D eigenvalue weighted by molar-refractivity contribution is 5.99. The Balaban J connectivity index is 1.51. The van der Waals surface area contributed by atoms with Crippen molar-refractivity contribution in [3.8, 4) is 5.75 Å². The number of benzene rings is 1. The molecule has 0 saturated carbocycles. The monoisotopic (exact) mass is 613 g/mol. The molecule has 3 heterocycles. The van der Waals surface area contributed by atoms with E-state index < -0.39 is 36.0 Å². The smallest absolute Gasteiger partial charge is 0.409 e. The number of carbonyl (C=O) groups is 5. The number of likely N-dealkylation sites (tertiary alicyclic amines) is 1. The van der Waals surface area contributed by atoms with Crippen LogP contribution in [0.15, 0.2) is 24.3 Å². The number of pyridine rings is 1. The van der Waals surface area contributed by atoms with Crippen molar-refractivity contribution in [2.75, 3.05) is 52.5 Å². The number of aliphatic hydroxyl groups excluding tert-OH is 1. The summed E-state index contributed by atoms with van der Waals surface area (Å²) < 4.78 is 10.9. The molecule has 2 aliphatic heterocycles. The zero-order chi connectivity index (χ0) is 31.8. The SMILES string of the molecule is CCOC(=O)N1CCN(C(=O)C(CCC(=O)O)NC(=O)c2cc(OCC(=O)N3CCCC(O)C3)c3ccc(C)cc3n2)CC1. The summed E-state index contributed by atoms with van der Waals surface area (Å²) in [6, 6.07) is 5.62. The lowest BCUT2D eigenvalue weighted by Crippen LogP contribution is -2.56. The zero-order valence-electron chi connectivity index (χ0n) is 25.0. The molecule has 1 aromatic carbocycles. The number of carboxylic acids is 1. The number of fused-ring (bicyclic) bond motifs is 1. The van der Waals surface area contributed by atoms with Crippen LogP contribution in [-0.2, 0) is 19.1 Å². The third-order valence-electron chi connectivity index (χ3n) is 7.63. The number of piperazine rings is 1. The first-order chi connectivity index (χ1) is 21.0. The van der Waals surface area contributed by atoms with Crippen molar-refractivity contribution in [3.05, 3.63) is 35.5 Å². The lowest BCUT2D eigenvalue weighted by Gasteiger charge is -2.35. The Kier molecular flexibility index (Phi) is 10.9. The van der Waals surface area contributed by atoms with Crippen LogP contribution in [0.4, 0.5) is 4.79 Å². The molecule has 238 valence electrons. The second-order valence-corrected chi connectivity index (χ2v) is 10.9. The van der Waals surface area contributed by atoms with E-state index in [0.717, 1.165) is 5.56 Å². The minimum absolute atomic E-state index is 0.0702. The van der Waals surface area contributed by atoms with Crippen LogP contribution in [0, 0.1) is 6.92 Å². The van der Waals surface area contributed by atoms with E-state index in [1.165, 1.54) is 15.9 Å². The van der Waals surface area contributed by atoms with Gasteiger partial charge < -0.3 is 39.7 Å². The van der Waals surface area contributed by atoms with Gasteiger partial charge in [-0.2, -0.15) is 0 Å². The summed E-state index contributed by atoms with van der Waals surface area (Å²) in [6.07, 6.45) is -0.225. The summed E-state index contributed by atoms with van der Waals surface area (Å²) in [5, 5.41) is 22.4. The number of ether oxygens (including phenoxy) is 2. The average Bonchev–Trinajstić information content (AvgIpc) is 3.01. The first-order valence-corrected chi connectivity index (χ1v) is 14.8. The van der Waals surface area contributed by atoms with Gasteiger partial charge in [0, 0.05) is 57.1 Å². The zero-order valence-corrected chi connectivity index (χ0v) is 25.0. The first-order valence-electron chi connectivity index (χ1n) is 14.8. The summed E-state index contributed by atoms with van der Waals surface area (Å²) in [6.45, 7) is 5.12. The molecule has 0 aliphatic carbocycles. The summed E-state index contributed by atoms with van der Waals surface area (Å²) in [5.41, 5.74) is 1.25. The van der Waals surface area contributed by atoms with Gasteiger partial charge in [0.2, 0.25) is 5.91 Å². The topological polar surface area (TPSA) is 179 Å². The van der Waals surface area contributed by atoms with Crippen LogP contribution in [0.3, 0.4) is 0 Å². The fourth-order valence-corrected chi connectivity index (χ4v) is 5.26. The summed E-state index contributed by atoms with van der Waals surface area (Å²) in [5.74, 6) is -2.35. The van der Waals surface area contributed by atoms with Gasteiger partial charge in [0.05, 0.1) is 18.2 Å². The number of nitrogens with one attached hydrogen (secondary N) is 1. The van der Waals surface area contributed by atoms with Crippen molar-refractivity contribution in [2.24, 2.45) is 0 Å². The molecule has 14 heteroatoms. The van der Waals surface area contributed by atoms with E-state index in [1.807, 2.05) is 13.0 Å². The molecule has 4 amide bonds. The fraction of sp³-hybridized carbons (Fsp3) is 0.533. The van der Waals surface area contributed by atoms with E-state index in [9.17, 15) is 34.2 Å². The predicted octanol–water partition coefficient (Wildman–Crippen LogP) is 1.17. The molecule has 0 radical (unpaired) electrons. The molecule has 0 bridgehead atoms. The number of aromatic nitrogens is 1. The number of hydrogen-bond donors (Lipinski definition) is 3. The third kappa shape index (κ3) is 8.34. The van der Waals surface area contributed by atoms with Crippen molar-refractivity contribution < 1.29 is 43.7 Å². The van der Waals surface area contributed by atoms with Crippen LogP contribution in [0.1, 0.15) is 48.7 Å². The molecule has 0 spiro atoms. The van der Waals surface area contributed by atoms with Crippen molar-refractivity contribution in [3.63, 3.8) is 0 Å². The molecule has 4 rings (SSSR count). The minimum Gasteiger partial charge on any atom is -0.483 e. The quantitative estimate of drug-likeness (QED) is 0.352. The number of rotatable bonds is 10. The Bertz CT molecular complexity index is 1390. The molecule has 2 unspecified atom stereocenters. The highest BCUT2D eigenvalue weighted by atomic mass is 16.6. The molecule has 2 saturated heterocycles. The number of aliphatic carboxylic acids is 1. The average molecular weight is 614 g/mol. The molecule has 2 atom stereocenters. The fourth-order valence-electron chi connectivity index (χ4n) is 5.26. The number of piperidine rings is 1. The van der Waals surface area contributed by atoms with Gasteiger partial charge >= 0.3 is 12.1 Å². The van der Waals surface area contributed by atoms with Crippen LogP contribution in [0.2, 0.25) is 0 Å². The number of carboxylic acid groups (broad SMARTS) is 1. The van der Waals surface area contributed by atoms with Gasteiger partial charge in [-0.1, -0.05) is 6.07 Å². The van der Waals surface area contributed by atoms with Gasteiger partial charge in [0.15, 0.2) is 6.61 Å². The van der Waals surface area contributed by atoms with Gasteiger partial charge in [0.25, 0.3) is 11.8 Å². The van der Waals surface area contributed by atoms with Gasteiger partial charge in [0.1, 0.15) is 17.5 Å². The van der Waals surface area contributed by atoms with Crippen LogP contribution in [0.25, 0.3) is 10.9 Å². The number of amides is 4. The molecule has 44 heavy (non-hydrogen) atoms. The van der Waals surface area contributed by atoms with Gasteiger partial charge in [-0.25, -0.2) is 9.78 Å². The standard InChI is InChI=1S/C30H39N5O9/c1-3-43-30(42)34-13-11-33(12-14-34)29(41)22(8-9-27(38)39)32-28(40)24-16-25(21-7-6-19(2)15-23(21)31-24)44-18-26(37)35-10-4-5-20(36)17-35/h6-7,15-16,20,22,36H,3-5,8-14,17-18H2,1-2H3,(H,32,40)(H,38,39). The van der Waals surface area contributed by atoms with E-state index in [1.54, 1.807) is 24.0 Å². The number of carbonyl (C=O) groups excluding carboxylic acids is 4. The predicted molar refractivity (Wildman–Crippen MR) is 157 cm³/mol. The van der Waals surface area contributed by atoms with Crippen molar-refractivity contribution in [1.82, 2.24) is 25.0 Å². The van der Waals surface area contributed by atoms with E-state index in [2.05, 4.69) is 10.3 Å². The second-order valence-electron chi connectivity index (χ2n) is 10.9. The van der Waals surface area contributed by atoms with Crippen molar-refractivity contribution in [1.29, 1.82) is 0 Å². The molecule has 1 aromatic heterocycles. The lowest BCUT2D eigenvalue weighted by molar-refractivity contribution is -0.138. The normalized spacial score (nSPS) is 17.6. The molecule has 2 aromatic rings. The molecule has 14 nitrogen and oxygen atoms in total. The molecule has 2 fully saturated rings. The van der Waals surface area contributed by atoms with Crippen LogP contribution in [-0.4, -0.2) is 124 Å². The molecular weight excluding hydrogens is 574 g/mol. The minimum atomic E-state index is -1.15. The number of aliphatic hydroxyl groups is 1. The Labute approximate surface area is 254 Å². The molecule has 3 N–H and O–H groups in total. The maximum atomic E-state index is 13.5. The Morgan fingerprint density at radius 3 is 2.45 bits per heavy atom. The van der Waals surface area contributed by atoms with Crippen LogP contribution < -0.4 is 10.1 Å². The number of aryl methyl sites for hydroxylation is 1. The summed E-state index contributed by atoms with van der Waals surface area (Å²) in [7, 11) is 0. The van der Waals surface area contributed by atoms with Crippen LogP contribution >= 0.6 is 0 Å². The number of nitrogens with zero attached hydrogens (tertiary/aromatic N) is 4. The van der Waals surface area contributed by atoms with E-state index >= 15 is 0 Å². The van der Waals surface area contributed by atoms with Crippen molar-refractivity contribution >= 4 is 40.7 Å². The van der Waals surface area contributed by atoms with Gasteiger partial charge in [-0.15, -0.1) is 0 Å². The first kappa shape index (κ1) is 32.5. The highest BCUT2D eigenvalue weighted by Gasteiger charge is 2.31. The summed E-state index contributed by atoms with van der Waals surface area (Å²) >= 11 is 0. The maximum Gasteiger partial charge on any atom is 0.409 e. The van der Waals surface area contributed by atoms with E-state index in [0.29, 0.717) is 30.3 Å². The van der Waals surface area contributed by atoms with Gasteiger partial charge in [-0.05, 0) is 50.8 Å². The number of β-amino-alcohol motifs (C(OH)–C–C–N with tert-alkyl or cyclic N) is 1. The largest absolute Gasteiger partial charge is 0.483 e. The Morgan fingerprint density at radius 1 is 1.05 bits per heavy atom. The van der Waals surface area contributed by atoms with Gasteiger partial charge in [-0.3, -0.25) is 19.2 Å². The second kappa shape index (κ2) is 14.8. The number of hydrogen-bond acceptors (Lipinski definition) is 9. The highest BCUT2D eigenvalue weighted by Crippen LogP contribution is 2.27. The third-order valence-corrected chi connectivity index (χ3v) is 7.63. The van der Waals surface area contributed by atoms with Crippen molar-refractivity contribution in [2.45, 2.75) is 51.7 Å². The van der Waals surface area contributed by atoms with E-state index in [-0.39, 0.29) is 76.1 Å². The molecular formula is C30H39N5O9. The summed E-state index contributed by atoms with van der Waals surface area (Å²) in [4.78, 5) is 72.1. The van der Waals surface area contributed by atoms with Crippen LogP contribution in [0.5, 0.6) is 5.75 Å². The maximum absolute atomic E-state index is 13.5. The lowest BCUT2D eigenvalue weighted by atomic mass is 10.1. The van der Waals surface area contributed by atoms with E-state index in [4.69, 9.17) is 9.47 Å².